The third-order valence-corrected chi connectivity index (χ3v) is 4.71. The number of hydrogen-bond donors (Lipinski definition) is 3. The lowest BCUT2D eigenvalue weighted by Crippen LogP contribution is -2.34. The maximum atomic E-state index is 12.2. The molecular weight excluding hydrogens is 300 g/mol. The van der Waals surface area contributed by atoms with Gasteiger partial charge in [0.05, 0.1) is 5.69 Å². The van der Waals surface area contributed by atoms with E-state index in [2.05, 4.69) is 4.72 Å². The Hall–Kier alpha value is -0.820. The first-order chi connectivity index (χ1) is 9.18. The lowest BCUT2D eigenvalue weighted by Gasteiger charge is -2.24. The highest BCUT2D eigenvalue weighted by atomic mass is 35.5. The minimum absolute atomic E-state index is 0.0111. The highest BCUT2D eigenvalue weighted by molar-refractivity contribution is 7.89. The normalized spacial score (nSPS) is 12.6. The fourth-order valence-electron chi connectivity index (χ4n) is 1.76. The molecule has 0 saturated heterocycles. The Kier molecular flexibility index (Phi) is 5.82. The van der Waals surface area contributed by atoms with E-state index in [1.54, 1.807) is 6.07 Å². The van der Waals surface area contributed by atoms with Crippen molar-refractivity contribution in [3.63, 3.8) is 0 Å². The second-order valence-corrected chi connectivity index (χ2v) is 7.67. The van der Waals surface area contributed by atoms with Crippen LogP contribution < -0.4 is 10.5 Å². The van der Waals surface area contributed by atoms with E-state index in [9.17, 15) is 8.42 Å². The lowest BCUT2D eigenvalue weighted by atomic mass is 9.88. The van der Waals surface area contributed by atoms with Crippen LogP contribution in [0.2, 0.25) is 5.02 Å². The van der Waals surface area contributed by atoms with Crippen LogP contribution in [0.15, 0.2) is 23.1 Å². The van der Waals surface area contributed by atoms with E-state index in [0.29, 0.717) is 11.4 Å². The third-order valence-electron chi connectivity index (χ3n) is 3.02. The molecule has 0 saturated carbocycles. The van der Waals surface area contributed by atoms with Crippen LogP contribution in [0.5, 0.6) is 0 Å². The molecule has 0 heterocycles. The zero-order chi connectivity index (χ0) is 15.4. The van der Waals surface area contributed by atoms with Crippen molar-refractivity contribution >= 4 is 27.3 Å². The topological polar surface area (TPSA) is 92.4 Å². The van der Waals surface area contributed by atoms with Crippen molar-refractivity contribution in [2.75, 3.05) is 18.9 Å². The fraction of sp³-hybridized carbons (Fsp3) is 0.538. The standard InChI is InChI=1S/C13H21ClN2O3S/c1-13(2,6-3-7-17)9-16-20(18,19)12-8-10(14)4-5-11(12)15/h4-5,8,16-17H,3,6-7,9,15H2,1-2H3. The molecule has 0 aliphatic carbocycles. The fourth-order valence-corrected chi connectivity index (χ4v) is 3.39. The molecule has 1 rings (SSSR count). The van der Waals surface area contributed by atoms with Crippen LogP contribution in [0, 0.1) is 5.41 Å². The second kappa shape index (κ2) is 6.76. The number of nitrogen functional groups attached to an aromatic ring is 1. The van der Waals surface area contributed by atoms with Crippen molar-refractivity contribution in [2.24, 2.45) is 5.41 Å². The van der Waals surface area contributed by atoms with Crippen molar-refractivity contribution in [3.05, 3.63) is 23.2 Å². The van der Waals surface area contributed by atoms with Gasteiger partial charge in [-0.2, -0.15) is 0 Å². The molecule has 5 nitrogen and oxygen atoms in total. The average molecular weight is 321 g/mol. The molecule has 0 bridgehead atoms. The Labute approximate surface area is 125 Å². The SMILES string of the molecule is CC(C)(CCCO)CNS(=O)(=O)c1cc(Cl)ccc1N. The van der Waals surface area contributed by atoms with Crippen LogP contribution in [-0.2, 0) is 10.0 Å². The third kappa shape index (κ3) is 4.94. The summed E-state index contributed by atoms with van der Waals surface area (Å²) in [6.07, 6.45) is 1.35. The summed E-state index contributed by atoms with van der Waals surface area (Å²) in [5.74, 6) is 0. The monoisotopic (exact) mass is 320 g/mol. The summed E-state index contributed by atoms with van der Waals surface area (Å²) in [6.45, 7) is 4.23. The summed E-state index contributed by atoms with van der Waals surface area (Å²) in [5.41, 5.74) is 5.60. The smallest absolute Gasteiger partial charge is 0.242 e. The Bertz CT molecular complexity index is 559. The summed E-state index contributed by atoms with van der Waals surface area (Å²) in [5, 5.41) is 9.15. The van der Waals surface area contributed by atoms with E-state index >= 15 is 0 Å². The Balaban J connectivity index is 2.83. The average Bonchev–Trinajstić information content (AvgIpc) is 2.37. The van der Waals surface area contributed by atoms with Crippen molar-refractivity contribution in [1.82, 2.24) is 4.72 Å². The molecule has 20 heavy (non-hydrogen) atoms. The number of rotatable bonds is 7. The molecule has 0 aliphatic heterocycles. The summed E-state index contributed by atoms with van der Waals surface area (Å²) in [4.78, 5) is -0.0111. The number of nitrogens with one attached hydrogen (secondary N) is 1. The summed E-state index contributed by atoms with van der Waals surface area (Å²) in [7, 11) is -3.69. The van der Waals surface area contributed by atoms with E-state index in [1.165, 1.54) is 12.1 Å². The maximum Gasteiger partial charge on any atom is 0.242 e. The number of halogens is 1. The van der Waals surface area contributed by atoms with E-state index in [0.717, 1.165) is 6.42 Å². The lowest BCUT2D eigenvalue weighted by molar-refractivity contribution is 0.242. The van der Waals surface area contributed by atoms with E-state index in [4.69, 9.17) is 22.4 Å². The van der Waals surface area contributed by atoms with Gasteiger partial charge in [-0.05, 0) is 36.5 Å². The van der Waals surface area contributed by atoms with Gasteiger partial charge in [-0.25, -0.2) is 13.1 Å². The number of sulfonamides is 1. The van der Waals surface area contributed by atoms with Crippen molar-refractivity contribution in [1.29, 1.82) is 0 Å². The maximum absolute atomic E-state index is 12.2. The number of nitrogens with two attached hydrogens (primary N) is 1. The van der Waals surface area contributed by atoms with Crippen molar-refractivity contribution < 1.29 is 13.5 Å². The predicted molar refractivity (Wildman–Crippen MR) is 81.2 cm³/mol. The number of anilines is 1. The van der Waals surface area contributed by atoms with Crippen molar-refractivity contribution in [3.8, 4) is 0 Å². The predicted octanol–water partition coefficient (Wildman–Crippen LogP) is 2.00. The molecule has 0 fully saturated rings. The number of hydrogen-bond acceptors (Lipinski definition) is 4. The largest absolute Gasteiger partial charge is 0.398 e. The Morgan fingerprint density at radius 2 is 2.05 bits per heavy atom. The van der Waals surface area contributed by atoms with Crippen LogP contribution in [-0.4, -0.2) is 26.7 Å². The minimum Gasteiger partial charge on any atom is -0.398 e. The Morgan fingerprint density at radius 3 is 2.65 bits per heavy atom. The summed E-state index contributed by atoms with van der Waals surface area (Å²) < 4.78 is 27.0. The molecule has 4 N–H and O–H groups in total. The molecule has 0 unspecified atom stereocenters. The molecule has 0 atom stereocenters. The molecule has 0 spiro atoms. The quantitative estimate of drug-likeness (QED) is 0.670. The highest BCUT2D eigenvalue weighted by Crippen LogP contribution is 2.25. The molecule has 1 aromatic rings. The van der Waals surface area contributed by atoms with E-state index in [1.807, 2.05) is 13.8 Å². The molecule has 114 valence electrons. The van der Waals surface area contributed by atoms with Crippen LogP contribution in [0.3, 0.4) is 0 Å². The Morgan fingerprint density at radius 1 is 1.40 bits per heavy atom. The van der Waals surface area contributed by atoms with Gasteiger partial charge >= 0.3 is 0 Å². The van der Waals surface area contributed by atoms with Crippen LogP contribution in [0.1, 0.15) is 26.7 Å². The minimum atomic E-state index is -3.69. The first-order valence-corrected chi connectivity index (χ1v) is 8.20. The van der Waals surface area contributed by atoms with E-state index < -0.39 is 10.0 Å². The zero-order valence-electron chi connectivity index (χ0n) is 11.7. The molecule has 1 aromatic carbocycles. The van der Waals surface area contributed by atoms with Gasteiger partial charge in [0.1, 0.15) is 4.90 Å². The van der Waals surface area contributed by atoms with Crippen LogP contribution >= 0.6 is 11.6 Å². The molecule has 0 aromatic heterocycles. The molecular formula is C13H21ClN2O3S. The zero-order valence-corrected chi connectivity index (χ0v) is 13.3. The van der Waals surface area contributed by atoms with Crippen molar-refractivity contribution in [2.45, 2.75) is 31.6 Å². The second-order valence-electron chi connectivity index (χ2n) is 5.50. The van der Waals surface area contributed by atoms with Gasteiger partial charge in [0, 0.05) is 18.2 Å². The van der Waals surface area contributed by atoms with Gasteiger partial charge in [-0.1, -0.05) is 25.4 Å². The molecule has 0 radical (unpaired) electrons. The molecule has 0 aliphatic rings. The van der Waals surface area contributed by atoms with Gasteiger partial charge < -0.3 is 10.8 Å². The first kappa shape index (κ1) is 17.2. The molecule has 7 heteroatoms. The highest BCUT2D eigenvalue weighted by Gasteiger charge is 2.23. The van der Waals surface area contributed by atoms with Crippen LogP contribution in [0.4, 0.5) is 5.69 Å². The first-order valence-electron chi connectivity index (χ1n) is 6.33. The van der Waals surface area contributed by atoms with Gasteiger partial charge in [0.25, 0.3) is 0 Å². The van der Waals surface area contributed by atoms with Gasteiger partial charge in [-0.3, -0.25) is 0 Å². The van der Waals surface area contributed by atoms with E-state index in [-0.39, 0.29) is 29.1 Å². The van der Waals surface area contributed by atoms with Gasteiger partial charge in [-0.15, -0.1) is 0 Å². The molecule has 0 amide bonds. The number of aliphatic hydroxyl groups excluding tert-OH is 1. The number of aliphatic hydroxyl groups is 1. The summed E-state index contributed by atoms with van der Waals surface area (Å²) in [6, 6.07) is 4.34. The van der Waals surface area contributed by atoms with Gasteiger partial charge in [0.15, 0.2) is 0 Å². The van der Waals surface area contributed by atoms with Crippen LogP contribution in [0.25, 0.3) is 0 Å². The summed E-state index contributed by atoms with van der Waals surface area (Å²) >= 11 is 5.81. The van der Waals surface area contributed by atoms with Gasteiger partial charge in [0.2, 0.25) is 10.0 Å². The number of benzene rings is 1.